The number of benzene rings is 1. The summed E-state index contributed by atoms with van der Waals surface area (Å²) in [4.78, 5) is 4.12. The number of fused-ring (bicyclic) bond motifs is 1. The number of sulfonamides is 1. The number of rotatable bonds is 1. The van der Waals surface area contributed by atoms with E-state index >= 15 is 0 Å². The Morgan fingerprint density at radius 3 is 2.25 bits per heavy atom. The maximum atomic E-state index is 11.7. The van der Waals surface area contributed by atoms with E-state index in [0.717, 1.165) is 36.9 Å². The van der Waals surface area contributed by atoms with Crippen LogP contribution in [0.25, 0.3) is 0 Å². The lowest BCUT2D eigenvalue weighted by Gasteiger charge is -2.55. The number of hydrogen-bond acceptors (Lipinski definition) is 3. The first-order valence-electron chi connectivity index (χ1n) is 6.72. The smallest absolute Gasteiger partial charge is 0.251 e. The van der Waals surface area contributed by atoms with Gasteiger partial charge in [-0.3, -0.25) is 0 Å². The summed E-state index contributed by atoms with van der Waals surface area (Å²) >= 11 is 0. The van der Waals surface area contributed by atoms with Crippen LogP contribution in [0, 0.1) is 0 Å². The molecule has 6 heteroatoms. The van der Waals surface area contributed by atoms with Crippen molar-refractivity contribution in [3.05, 3.63) is 24.3 Å². The second kappa shape index (κ2) is 4.22. The molecule has 1 spiro atoms. The molecule has 2 aliphatic rings. The van der Waals surface area contributed by atoms with Crippen molar-refractivity contribution >= 4 is 27.2 Å². The lowest BCUT2D eigenvalue weighted by molar-refractivity contribution is 0.322. The van der Waals surface area contributed by atoms with Gasteiger partial charge in [0.05, 0.1) is 23.2 Å². The van der Waals surface area contributed by atoms with Gasteiger partial charge in [-0.25, -0.2) is 8.42 Å². The minimum Gasteiger partial charge on any atom is -0.360 e. The molecular weight excluding hydrogens is 274 g/mol. The number of likely N-dealkylation sites (N-methyl/N-ethyl adjacent to an activating group) is 2. The molecule has 0 bridgehead atoms. The summed E-state index contributed by atoms with van der Waals surface area (Å²) in [6.07, 6.45) is 4.14. The van der Waals surface area contributed by atoms with E-state index in [4.69, 9.17) is 0 Å². The van der Waals surface area contributed by atoms with Crippen LogP contribution in [0.3, 0.4) is 0 Å². The van der Waals surface area contributed by atoms with Gasteiger partial charge in [0.15, 0.2) is 0 Å². The summed E-state index contributed by atoms with van der Waals surface area (Å²) in [5, 5.41) is 0. The molecule has 0 saturated heterocycles. The Morgan fingerprint density at radius 2 is 1.75 bits per heavy atom. The van der Waals surface area contributed by atoms with Crippen LogP contribution in [-0.2, 0) is 10.0 Å². The summed E-state index contributed by atoms with van der Waals surface area (Å²) in [6, 6.07) is 8.03. The Morgan fingerprint density at radius 1 is 1.15 bits per heavy atom. The van der Waals surface area contributed by atoms with Gasteiger partial charge >= 0.3 is 0 Å². The molecule has 3 rings (SSSR count). The van der Waals surface area contributed by atoms with Crippen LogP contribution in [0.15, 0.2) is 28.7 Å². The van der Waals surface area contributed by atoms with Crippen LogP contribution in [0.5, 0.6) is 0 Å². The fraction of sp³-hybridized carbons (Fsp3) is 0.500. The van der Waals surface area contributed by atoms with Crippen molar-refractivity contribution < 1.29 is 8.42 Å². The fourth-order valence-corrected chi connectivity index (χ4v) is 3.82. The summed E-state index contributed by atoms with van der Waals surface area (Å²) in [5.41, 5.74) is 1.85. The maximum absolute atomic E-state index is 11.7. The standard InChI is InChI=1S/C14H19N3O2S/c1-16-11-7-4-5-8-12(11)17(2)14(9-6-10-14)13(16)15-20(3,18)19/h4-5,7-8H,6,9-10H2,1-3H3/b15-13-. The normalized spacial score (nSPS) is 22.9. The average molecular weight is 293 g/mol. The van der Waals surface area contributed by atoms with Crippen LogP contribution >= 0.6 is 0 Å². The topological polar surface area (TPSA) is 53.0 Å². The Hall–Kier alpha value is -1.56. The predicted molar refractivity (Wildman–Crippen MR) is 82.1 cm³/mol. The highest BCUT2D eigenvalue weighted by Gasteiger charge is 2.51. The van der Waals surface area contributed by atoms with Crippen molar-refractivity contribution in [2.75, 3.05) is 30.2 Å². The summed E-state index contributed by atoms with van der Waals surface area (Å²) in [5.74, 6) is 0.646. The van der Waals surface area contributed by atoms with E-state index in [1.54, 1.807) is 0 Å². The van der Waals surface area contributed by atoms with Crippen molar-refractivity contribution in [1.29, 1.82) is 0 Å². The summed E-state index contributed by atoms with van der Waals surface area (Å²) in [7, 11) is 0.519. The van der Waals surface area contributed by atoms with Crippen molar-refractivity contribution in [1.82, 2.24) is 0 Å². The molecule has 1 heterocycles. The van der Waals surface area contributed by atoms with Crippen molar-refractivity contribution in [3.8, 4) is 0 Å². The van der Waals surface area contributed by atoms with Gasteiger partial charge in [0.1, 0.15) is 5.84 Å². The SMILES string of the molecule is CN1/C(=N\S(C)(=O)=O)C2(CCC2)N(C)c2ccccc21. The molecule has 0 radical (unpaired) electrons. The predicted octanol–water partition coefficient (Wildman–Crippen LogP) is 1.85. The Kier molecular flexibility index (Phi) is 2.83. The van der Waals surface area contributed by atoms with Crippen molar-refractivity contribution in [2.45, 2.75) is 24.8 Å². The van der Waals surface area contributed by atoms with Crippen LogP contribution in [-0.4, -0.2) is 40.1 Å². The van der Waals surface area contributed by atoms with Gasteiger partial charge in [-0.2, -0.15) is 0 Å². The highest BCUT2D eigenvalue weighted by atomic mass is 32.2. The molecule has 0 amide bonds. The Balaban J connectivity index is 2.22. The quantitative estimate of drug-likeness (QED) is 0.793. The van der Waals surface area contributed by atoms with E-state index in [-0.39, 0.29) is 5.54 Å². The number of para-hydroxylation sites is 2. The Bertz CT molecular complexity index is 677. The molecule has 1 aromatic rings. The molecule has 5 nitrogen and oxygen atoms in total. The average Bonchev–Trinajstić information content (AvgIpc) is 2.32. The molecule has 0 N–H and O–H groups in total. The van der Waals surface area contributed by atoms with E-state index in [1.807, 2.05) is 37.2 Å². The molecular formula is C14H19N3O2S. The molecule has 108 valence electrons. The maximum Gasteiger partial charge on any atom is 0.251 e. The second-order valence-electron chi connectivity index (χ2n) is 5.64. The van der Waals surface area contributed by atoms with E-state index in [0.29, 0.717) is 5.84 Å². The van der Waals surface area contributed by atoms with E-state index < -0.39 is 10.0 Å². The summed E-state index contributed by atoms with van der Waals surface area (Å²) in [6.45, 7) is 0. The number of amidine groups is 1. The van der Waals surface area contributed by atoms with Crippen LogP contribution in [0.4, 0.5) is 11.4 Å². The monoisotopic (exact) mass is 293 g/mol. The van der Waals surface area contributed by atoms with Gasteiger partial charge < -0.3 is 9.80 Å². The van der Waals surface area contributed by atoms with Crippen LogP contribution in [0.2, 0.25) is 0 Å². The largest absolute Gasteiger partial charge is 0.360 e. The molecule has 20 heavy (non-hydrogen) atoms. The highest BCUT2D eigenvalue weighted by Crippen LogP contribution is 2.48. The minimum absolute atomic E-state index is 0.272. The minimum atomic E-state index is -3.41. The fourth-order valence-electron chi connectivity index (χ4n) is 3.21. The third kappa shape index (κ3) is 1.82. The van der Waals surface area contributed by atoms with Crippen LogP contribution in [0.1, 0.15) is 19.3 Å². The third-order valence-corrected chi connectivity index (χ3v) is 4.92. The number of anilines is 2. The molecule has 0 atom stereocenters. The summed E-state index contributed by atoms with van der Waals surface area (Å²) < 4.78 is 27.4. The van der Waals surface area contributed by atoms with Crippen LogP contribution < -0.4 is 9.80 Å². The third-order valence-electron chi connectivity index (χ3n) is 4.41. The lowest BCUT2D eigenvalue weighted by atomic mass is 9.72. The van der Waals surface area contributed by atoms with E-state index in [2.05, 4.69) is 15.4 Å². The molecule has 1 aromatic carbocycles. The second-order valence-corrected chi connectivity index (χ2v) is 7.29. The van der Waals surface area contributed by atoms with Gasteiger partial charge in [0.25, 0.3) is 10.0 Å². The zero-order chi connectivity index (χ0) is 14.5. The van der Waals surface area contributed by atoms with Gasteiger partial charge in [-0.1, -0.05) is 12.1 Å². The molecule has 1 aliphatic heterocycles. The molecule has 1 saturated carbocycles. The van der Waals surface area contributed by atoms with Gasteiger partial charge in [-0.05, 0) is 31.4 Å². The first kappa shape index (κ1) is 13.4. The lowest BCUT2D eigenvalue weighted by Crippen LogP contribution is -2.65. The van der Waals surface area contributed by atoms with E-state index in [9.17, 15) is 8.42 Å². The number of hydrogen-bond donors (Lipinski definition) is 0. The first-order chi connectivity index (χ1) is 9.35. The van der Waals surface area contributed by atoms with Gasteiger partial charge in [0, 0.05) is 14.1 Å². The zero-order valence-corrected chi connectivity index (χ0v) is 12.8. The van der Waals surface area contributed by atoms with Crippen molar-refractivity contribution in [3.63, 3.8) is 0 Å². The van der Waals surface area contributed by atoms with Crippen molar-refractivity contribution in [2.24, 2.45) is 4.40 Å². The Labute approximate surface area is 120 Å². The zero-order valence-electron chi connectivity index (χ0n) is 12.0. The molecule has 0 aromatic heterocycles. The van der Waals surface area contributed by atoms with E-state index in [1.165, 1.54) is 0 Å². The molecule has 1 fully saturated rings. The highest BCUT2D eigenvalue weighted by molar-refractivity contribution is 7.89. The van der Waals surface area contributed by atoms with Gasteiger partial charge in [-0.15, -0.1) is 4.40 Å². The molecule has 1 aliphatic carbocycles. The first-order valence-corrected chi connectivity index (χ1v) is 8.57. The van der Waals surface area contributed by atoms with Gasteiger partial charge in [0.2, 0.25) is 0 Å². The molecule has 0 unspecified atom stereocenters. The number of nitrogens with zero attached hydrogens (tertiary/aromatic N) is 3.